The molecule has 0 saturated heterocycles. The number of amides is 1. The zero-order valence-corrected chi connectivity index (χ0v) is 18.4. The van der Waals surface area contributed by atoms with Crippen LogP contribution in [0.15, 0.2) is 46.9 Å². The Morgan fingerprint density at radius 3 is 2.61 bits per heavy atom. The van der Waals surface area contributed by atoms with Crippen LogP contribution in [0, 0.1) is 24.0 Å². The van der Waals surface area contributed by atoms with Crippen molar-refractivity contribution in [2.24, 2.45) is 0 Å². The molecule has 0 aliphatic carbocycles. The monoisotopic (exact) mass is 442 g/mol. The summed E-state index contributed by atoms with van der Waals surface area (Å²) in [6.07, 6.45) is 0. The fraction of sp³-hybridized carbons (Fsp3) is 0.261. The number of halogens is 1. The van der Waals surface area contributed by atoms with Crippen molar-refractivity contribution in [3.8, 4) is 5.75 Å². The largest absolute Gasteiger partial charge is 0.485 e. The van der Waals surface area contributed by atoms with Gasteiger partial charge in [-0.3, -0.25) is 14.9 Å². The quantitative estimate of drug-likeness (QED) is 0.337. The Kier molecular flexibility index (Phi) is 6.65. The van der Waals surface area contributed by atoms with Gasteiger partial charge in [0.2, 0.25) is 0 Å². The molecule has 0 saturated carbocycles. The molecule has 1 aromatic heterocycles. The highest BCUT2D eigenvalue weighted by Crippen LogP contribution is 2.32. The number of rotatable bonds is 7. The van der Waals surface area contributed by atoms with Crippen molar-refractivity contribution in [2.45, 2.75) is 40.2 Å². The van der Waals surface area contributed by atoms with E-state index in [2.05, 4.69) is 5.32 Å². The van der Waals surface area contributed by atoms with Gasteiger partial charge in [-0.05, 0) is 66.8 Å². The number of nitro groups is 1. The average molecular weight is 443 g/mol. The minimum atomic E-state index is -0.580. The van der Waals surface area contributed by atoms with E-state index in [0.29, 0.717) is 16.5 Å². The molecule has 3 aromatic rings. The van der Waals surface area contributed by atoms with E-state index < -0.39 is 10.8 Å². The molecular weight excluding hydrogens is 420 g/mol. The summed E-state index contributed by atoms with van der Waals surface area (Å²) in [6.45, 7) is 7.86. The maximum absolute atomic E-state index is 12.5. The number of carbonyl (C=O) groups excluding carboxylic acids is 1. The summed E-state index contributed by atoms with van der Waals surface area (Å²) >= 11 is 6.23. The number of hydrogen-bond acceptors (Lipinski definition) is 5. The Balaban J connectivity index is 1.72. The number of anilines is 1. The molecule has 0 spiro atoms. The molecule has 3 rings (SSSR count). The Labute approximate surface area is 185 Å². The molecule has 0 unspecified atom stereocenters. The topological polar surface area (TPSA) is 94.6 Å². The second-order valence-corrected chi connectivity index (χ2v) is 7.99. The maximum Gasteiger partial charge on any atom is 0.293 e. The standard InChI is InChI=1S/C23H23ClN2O5/c1-13(2)17-11-18(24)15(4)10-22(17)30-12-16-6-8-21(31-16)23(27)25-19-7-5-14(3)9-20(19)26(28)29/h5-11,13H,12H2,1-4H3,(H,25,27). The third-order valence-electron chi connectivity index (χ3n) is 4.77. The molecule has 162 valence electrons. The molecule has 1 heterocycles. The van der Waals surface area contributed by atoms with Gasteiger partial charge in [0, 0.05) is 11.1 Å². The number of nitro benzene ring substituents is 1. The molecular formula is C23H23ClN2O5. The van der Waals surface area contributed by atoms with E-state index in [0.717, 1.165) is 16.7 Å². The van der Waals surface area contributed by atoms with Crippen molar-refractivity contribution in [3.63, 3.8) is 0 Å². The first-order chi connectivity index (χ1) is 14.7. The van der Waals surface area contributed by atoms with Gasteiger partial charge in [0.05, 0.1) is 4.92 Å². The number of ether oxygens (including phenoxy) is 1. The van der Waals surface area contributed by atoms with Crippen LogP contribution in [0.2, 0.25) is 5.02 Å². The summed E-state index contributed by atoms with van der Waals surface area (Å²) in [4.78, 5) is 23.2. The van der Waals surface area contributed by atoms with Gasteiger partial charge in [0.1, 0.15) is 23.8 Å². The number of hydrogen-bond donors (Lipinski definition) is 1. The van der Waals surface area contributed by atoms with Crippen LogP contribution in [0.5, 0.6) is 5.75 Å². The Morgan fingerprint density at radius 1 is 1.19 bits per heavy atom. The number of nitrogens with zero attached hydrogens (tertiary/aromatic N) is 1. The lowest BCUT2D eigenvalue weighted by Gasteiger charge is -2.15. The van der Waals surface area contributed by atoms with Gasteiger partial charge < -0.3 is 14.5 Å². The van der Waals surface area contributed by atoms with Crippen LogP contribution >= 0.6 is 11.6 Å². The highest BCUT2D eigenvalue weighted by Gasteiger charge is 2.19. The predicted molar refractivity (Wildman–Crippen MR) is 119 cm³/mol. The Bertz CT molecular complexity index is 1140. The molecule has 0 fully saturated rings. The lowest BCUT2D eigenvalue weighted by atomic mass is 10.0. The molecule has 0 radical (unpaired) electrons. The summed E-state index contributed by atoms with van der Waals surface area (Å²) in [5.41, 5.74) is 2.53. The van der Waals surface area contributed by atoms with E-state index in [4.69, 9.17) is 20.8 Å². The summed E-state index contributed by atoms with van der Waals surface area (Å²) in [6, 6.07) is 11.5. The van der Waals surface area contributed by atoms with E-state index in [1.807, 2.05) is 32.9 Å². The highest BCUT2D eigenvalue weighted by molar-refractivity contribution is 6.31. The zero-order chi connectivity index (χ0) is 22.7. The highest BCUT2D eigenvalue weighted by atomic mass is 35.5. The van der Waals surface area contributed by atoms with Crippen molar-refractivity contribution in [2.75, 3.05) is 5.32 Å². The van der Waals surface area contributed by atoms with Gasteiger partial charge in [-0.25, -0.2) is 0 Å². The zero-order valence-electron chi connectivity index (χ0n) is 17.7. The van der Waals surface area contributed by atoms with Crippen LogP contribution < -0.4 is 10.1 Å². The van der Waals surface area contributed by atoms with Crippen molar-refractivity contribution in [3.05, 3.63) is 85.8 Å². The van der Waals surface area contributed by atoms with E-state index in [9.17, 15) is 14.9 Å². The minimum Gasteiger partial charge on any atom is -0.485 e. The second kappa shape index (κ2) is 9.22. The predicted octanol–water partition coefficient (Wildman–Crippen LogP) is 6.41. The SMILES string of the molecule is Cc1ccc(NC(=O)c2ccc(COc3cc(C)c(Cl)cc3C(C)C)o2)c([N+](=O)[O-])c1. The van der Waals surface area contributed by atoms with Crippen LogP contribution in [0.3, 0.4) is 0 Å². The lowest BCUT2D eigenvalue weighted by molar-refractivity contribution is -0.384. The minimum absolute atomic E-state index is 0.0323. The summed E-state index contributed by atoms with van der Waals surface area (Å²) in [5, 5.41) is 14.5. The molecule has 8 heteroatoms. The smallest absolute Gasteiger partial charge is 0.293 e. The fourth-order valence-electron chi connectivity index (χ4n) is 3.06. The van der Waals surface area contributed by atoms with Crippen molar-refractivity contribution in [1.82, 2.24) is 0 Å². The molecule has 2 aromatic carbocycles. The third kappa shape index (κ3) is 5.24. The molecule has 7 nitrogen and oxygen atoms in total. The Hall–Kier alpha value is -3.32. The van der Waals surface area contributed by atoms with Crippen LogP contribution in [0.1, 0.15) is 52.8 Å². The van der Waals surface area contributed by atoms with Gasteiger partial charge in [-0.15, -0.1) is 0 Å². The van der Waals surface area contributed by atoms with E-state index in [1.54, 1.807) is 19.1 Å². The molecule has 31 heavy (non-hydrogen) atoms. The second-order valence-electron chi connectivity index (χ2n) is 7.58. The molecule has 0 aliphatic heterocycles. The number of nitrogens with one attached hydrogen (secondary N) is 1. The summed E-state index contributed by atoms with van der Waals surface area (Å²) in [5.74, 6) is 0.824. The van der Waals surface area contributed by atoms with Gasteiger partial charge >= 0.3 is 0 Å². The van der Waals surface area contributed by atoms with Gasteiger partial charge in [0.25, 0.3) is 11.6 Å². The van der Waals surface area contributed by atoms with E-state index in [-0.39, 0.29) is 29.7 Å². The number of benzene rings is 2. The molecule has 1 amide bonds. The lowest BCUT2D eigenvalue weighted by Crippen LogP contribution is -2.12. The summed E-state index contributed by atoms with van der Waals surface area (Å²) < 4.78 is 11.5. The van der Waals surface area contributed by atoms with Gasteiger partial charge in [-0.1, -0.05) is 31.5 Å². The number of carbonyl (C=O) groups is 1. The summed E-state index contributed by atoms with van der Waals surface area (Å²) in [7, 11) is 0. The number of furan rings is 1. The van der Waals surface area contributed by atoms with Crippen molar-refractivity contribution in [1.29, 1.82) is 0 Å². The maximum atomic E-state index is 12.5. The fourth-order valence-corrected chi connectivity index (χ4v) is 3.23. The Morgan fingerprint density at radius 2 is 1.94 bits per heavy atom. The molecule has 0 aliphatic rings. The molecule has 0 bridgehead atoms. The molecule has 0 atom stereocenters. The van der Waals surface area contributed by atoms with Crippen LogP contribution in [-0.2, 0) is 6.61 Å². The third-order valence-corrected chi connectivity index (χ3v) is 5.17. The van der Waals surface area contributed by atoms with Gasteiger partial charge in [0.15, 0.2) is 5.76 Å². The average Bonchev–Trinajstić information content (AvgIpc) is 3.18. The van der Waals surface area contributed by atoms with E-state index in [1.165, 1.54) is 18.2 Å². The van der Waals surface area contributed by atoms with Gasteiger partial charge in [-0.2, -0.15) is 0 Å². The first kappa shape index (κ1) is 22.4. The number of aryl methyl sites for hydroxylation is 2. The first-order valence-electron chi connectivity index (χ1n) is 9.73. The first-order valence-corrected chi connectivity index (χ1v) is 10.1. The van der Waals surface area contributed by atoms with Crippen LogP contribution in [-0.4, -0.2) is 10.8 Å². The van der Waals surface area contributed by atoms with Crippen LogP contribution in [0.4, 0.5) is 11.4 Å². The molecule has 1 N–H and O–H groups in total. The normalized spacial score (nSPS) is 10.9. The van der Waals surface area contributed by atoms with Crippen LogP contribution in [0.25, 0.3) is 0 Å². The van der Waals surface area contributed by atoms with Crippen molar-refractivity contribution < 1.29 is 18.9 Å². The van der Waals surface area contributed by atoms with Crippen molar-refractivity contribution >= 4 is 28.9 Å². The van der Waals surface area contributed by atoms with E-state index >= 15 is 0 Å².